The molecule has 166 valence electrons. The molecule has 0 aliphatic heterocycles. The highest BCUT2D eigenvalue weighted by atomic mass is 35.5. The van der Waals surface area contributed by atoms with E-state index in [0.717, 1.165) is 12.1 Å². The molecule has 0 radical (unpaired) electrons. The van der Waals surface area contributed by atoms with E-state index in [1.807, 2.05) is 0 Å². The number of sulfonamides is 1. The molecular weight excluding hydrogens is 459 g/mol. The number of amides is 1. The van der Waals surface area contributed by atoms with Crippen LogP contribution in [0.3, 0.4) is 0 Å². The molecule has 7 nitrogen and oxygen atoms in total. The highest BCUT2D eigenvalue weighted by Gasteiger charge is 2.15. The molecule has 10 heteroatoms. The van der Waals surface area contributed by atoms with E-state index in [1.165, 1.54) is 30.3 Å². The number of benzene rings is 3. The highest BCUT2D eigenvalue weighted by molar-refractivity contribution is 7.91. The Labute approximate surface area is 189 Å². The minimum atomic E-state index is -3.70. The van der Waals surface area contributed by atoms with Crippen LogP contribution in [0.5, 0.6) is 0 Å². The van der Waals surface area contributed by atoms with Crippen LogP contribution in [0.1, 0.15) is 15.9 Å². The van der Waals surface area contributed by atoms with E-state index >= 15 is 0 Å². The lowest BCUT2D eigenvalue weighted by atomic mass is 10.2. The van der Waals surface area contributed by atoms with Crippen LogP contribution in [0, 0.1) is 5.82 Å². The standard InChI is InChI=1S/C22H18ClFN2O5S/c23-19-12-17(24)9-10-20(19)25-21(27)13-31-22(28)16-7-4-8-18(11-16)26-32(29,30)14-15-5-2-1-3-6-15/h1-12,26H,13-14H2,(H,25,27). The summed E-state index contributed by atoms with van der Waals surface area (Å²) in [5.41, 5.74) is 1.02. The third-order valence-electron chi connectivity index (χ3n) is 4.11. The number of carbonyl (C=O) groups is 2. The molecule has 0 aromatic heterocycles. The van der Waals surface area contributed by atoms with Gasteiger partial charge in [-0.15, -0.1) is 0 Å². The van der Waals surface area contributed by atoms with Crippen molar-refractivity contribution in [2.24, 2.45) is 0 Å². The van der Waals surface area contributed by atoms with E-state index in [4.69, 9.17) is 16.3 Å². The second-order valence-corrected chi connectivity index (χ2v) is 8.81. The van der Waals surface area contributed by atoms with Crippen LogP contribution in [0.25, 0.3) is 0 Å². The van der Waals surface area contributed by atoms with Crippen molar-refractivity contribution in [1.82, 2.24) is 0 Å². The number of halogens is 2. The SMILES string of the molecule is O=C(COC(=O)c1cccc(NS(=O)(=O)Cc2ccccc2)c1)Nc1ccc(F)cc1Cl. The molecule has 2 N–H and O–H groups in total. The van der Waals surface area contributed by atoms with Crippen molar-refractivity contribution in [3.05, 3.63) is 94.8 Å². The Morgan fingerprint density at radius 1 is 0.969 bits per heavy atom. The van der Waals surface area contributed by atoms with Gasteiger partial charge in [-0.05, 0) is 42.0 Å². The Balaban J connectivity index is 1.58. The zero-order valence-electron chi connectivity index (χ0n) is 16.5. The van der Waals surface area contributed by atoms with Crippen LogP contribution in [-0.2, 0) is 25.3 Å². The predicted molar refractivity (Wildman–Crippen MR) is 119 cm³/mol. The minimum Gasteiger partial charge on any atom is -0.452 e. The molecule has 0 unspecified atom stereocenters. The van der Waals surface area contributed by atoms with Crippen molar-refractivity contribution < 1.29 is 27.1 Å². The number of ether oxygens (including phenoxy) is 1. The normalized spacial score (nSPS) is 10.9. The second kappa shape index (κ2) is 10.3. The van der Waals surface area contributed by atoms with Gasteiger partial charge in [0.1, 0.15) is 5.82 Å². The lowest BCUT2D eigenvalue weighted by Crippen LogP contribution is -2.21. The van der Waals surface area contributed by atoms with E-state index in [1.54, 1.807) is 30.3 Å². The summed E-state index contributed by atoms with van der Waals surface area (Å²) in [6.45, 7) is -0.615. The molecule has 3 rings (SSSR count). The van der Waals surface area contributed by atoms with Crippen LogP contribution in [0.2, 0.25) is 5.02 Å². The third-order valence-corrected chi connectivity index (χ3v) is 5.68. The van der Waals surface area contributed by atoms with Crippen LogP contribution in [-0.4, -0.2) is 26.9 Å². The fourth-order valence-electron chi connectivity index (χ4n) is 2.71. The predicted octanol–water partition coefficient (Wildman–Crippen LogP) is 4.22. The zero-order valence-corrected chi connectivity index (χ0v) is 18.1. The van der Waals surface area contributed by atoms with Gasteiger partial charge >= 0.3 is 5.97 Å². The summed E-state index contributed by atoms with van der Waals surface area (Å²) in [7, 11) is -3.70. The van der Waals surface area contributed by atoms with Gasteiger partial charge in [-0.2, -0.15) is 0 Å². The second-order valence-electron chi connectivity index (χ2n) is 6.68. The molecular formula is C22H18ClFN2O5S. The first-order valence-electron chi connectivity index (χ1n) is 9.28. The van der Waals surface area contributed by atoms with E-state index < -0.39 is 34.3 Å². The Bertz CT molecular complexity index is 1240. The van der Waals surface area contributed by atoms with Crippen LogP contribution in [0.4, 0.5) is 15.8 Å². The number of anilines is 2. The third kappa shape index (κ3) is 6.79. The van der Waals surface area contributed by atoms with Gasteiger partial charge in [0.25, 0.3) is 5.91 Å². The van der Waals surface area contributed by atoms with Crippen molar-refractivity contribution >= 4 is 44.9 Å². The summed E-state index contributed by atoms with van der Waals surface area (Å²) >= 11 is 5.83. The van der Waals surface area contributed by atoms with E-state index in [-0.39, 0.29) is 27.7 Å². The van der Waals surface area contributed by atoms with Crippen molar-refractivity contribution in [2.75, 3.05) is 16.6 Å². The molecule has 0 aliphatic carbocycles. The van der Waals surface area contributed by atoms with Gasteiger partial charge in [-0.1, -0.05) is 48.0 Å². The van der Waals surface area contributed by atoms with Gasteiger partial charge in [0.05, 0.1) is 22.0 Å². The largest absolute Gasteiger partial charge is 0.452 e. The fraction of sp³-hybridized carbons (Fsp3) is 0.0909. The first-order valence-corrected chi connectivity index (χ1v) is 11.3. The van der Waals surface area contributed by atoms with Gasteiger partial charge in [-0.25, -0.2) is 17.6 Å². The smallest absolute Gasteiger partial charge is 0.338 e. The number of nitrogens with one attached hydrogen (secondary N) is 2. The molecule has 0 bridgehead atoms. The number of rotatable bonds is 8. The van der Waals surface area contributed by atoms with Crippen molar-refractivity contribution in [3.63, 3.8) is 0 Å². The summed E-state index contributed by atoms with van der Waals surface area (Å²) in [5, 5.41) is 2.40. The highest BCUT2D eigenvalue weighted by Crippen LogP contribution is 2.22. The molecule has 0 spiro atoms. The molecule has 0 heterocycles. The van der Waals surface area contributed by atoms with Gasteiger partial charge in [0.2, 0.25) is 10.0 Å². The molecule has 3 aromatic rings. The maximum absolute atomic E-state index is 13.1. The molecule has 32 heavy (non-hydrogen) atoms. The fourth-order valence-corrected chi connectivity index (χ4v) is 4.11. The Morgan fingerprint density at radius 3 is 2.44 bits per heavy atom. The maximum atomic E-state index is 13.1. The molecule has 1 amide bonds. The Morgan fingerprint density at radius 2 is 1.72 bits per heavy atom. The minimum absolute atomic E-state index is 0.000152. The Kier molecular flexibility index (Phi) is 7.45. The molecule has 0 saturated carbocycles. The monoisotopic (exact) mass is 476 g/mol. The number of hydrogen-bond acceptors (Lipinski definition) is 5. The lowest BCUT2D eigenvalue weighted by molar-refractivity contribution is -0.119. The van der Waals surface area contributed by atoms with Gasteiger partial charge in [-0.3, -0.25) is 9.52 Å². The maximum Gasteiger partial charge on any atom is 0.338 e. The van der Waals surface area contributed by atoms with Crippen LogP contribution in [0.15, 0.2) is 72.8 Å². The average molecular weight is 477 g/mol. The number of hydrogen-bond donors (Lipinski definition) is 2. The lowest BCUT2D eigenvalue weighted by Gasteiger charge is -2.10. The first kappa shape index (κ1) is 23.2. The molecule has 0 aliphatic rings. The number of carbonyl (C=O) groups excluding carboxylic acids is 2. The van der Waals surface area contributed by atoms with Crippen LogP contribution < -0.4 is 10.0 Å². The summed E-state index contributed by atoms with van der Waals surface area (Å²) in [6, 6.07) is 17.8. The Hall–Kier alpha value is -3.43. The molecule has 0 fully saturated rings. The summed E-state index contributed by atoms with van der Waals surface area (Å²) in [5.74, 6) is -2.28. The topological polar surface area (TPSA) is 102 Å². The summed E-state index contributed by atoms with van der Waals surface area (Å²) in [6.07, 6.45) is 0. The van der Waals surface area contributed by atoms with Crippen molar-refractivity contribution in [1.29, 1.82) is 0 Å². The van der Waals surface area contributed by atoms with E-state index in [2.05, 4.69) is 10.0 Å². The van der Waals surface area contributed by atoms with Crippen molar-refractivity contribution in [3.8, 4) is 0 Å². The van der Waals surface area contributed by atoms with E-state index in [0.29, 0.717) is 5.56 Å². The summed E-state index contributed by atoms with van der Waals surface area (Å²) in [4.78, 5) is 24.2. The van der Waals surface area contributed by atoms with Gasteiger partial charge < -0.3 is 10.1 Å². The average Bonchev–Trinajstić information content (AvgIpc) is 2.74. The quantitative estimate of drug-likeness (QED) is 0.474. The molecule has 0 atom stereocenters. The summed E-state index contributed by atoms with van der Waals surface area (Å²) < 4.78 is 45.2. The van der Waals surface area contributed by atoms with Crippen LogP contribution >= 0.6 is 11.6 Å². The zero-order chi connectivity index (χ0) is 23.1. The van der Waals surface area contributed by atoms with Gasteiger partial charge in [0.15, 0.2) is 6.61 Å². The van der Waals surface area contributed by atoms with Crippen molar-refractivity contribution in [2.45, 2.75) is 5.75 Å². The van der Waals surface area contributed by atoms with E-state index in [9.17, 15) is 22.4 Å². The van der Waals surface area contributed by atoms with Gasteiger partial charge in [0, 0.05) is 5.69 Å². The molecule has 3 aromatic carbocycles. The molecule has 0 saturated heterocycles. The first-order chi connectivity index (χ1) is 15.2. The number of esters is 1.